The zero-order valence-electron chi connectivity index (χ0n) is 23.4. The van der Waals surface area contributed by atoms with Crippen molar-refractivity contribution >= 4 is 17.7 Å². The van der Waals surface area contributed by atoms with Gasteiger partial charge in [-0.2, -0.15) is 0 Å². The fourth-order valence-electron chi connectivity index (χ4n) is 4.50. The number of ether oxygens (including phenoxy) is 2. The number of aliphatic hydroxyl groups is 1. The molecular formula is C32H41NO4S. The van der Waals surface area contributed by atoms with Crippen LogP contribution in [0.1, 0.15) is 60.8 Å². The highest BCUT2D eigenvalue weighted by atomic mass is 32.2. The quantitative estimate of drug-likeness (QED) is 0.190. The second-order valence-corrected chi connectivity index (χ2v) is 11.1. The summed E-state index contributed by atoms with van der Waals surface area (Å²) in [5, 5.41) is 14.2. The van der Waals surface area contributed by atoms with Crippen LogP contribution in [0.4, 0.5) is 0 Å². The van der Waals surface area contributed by atoms with E-state index in [1.165, 1.54) is 10.5 Å². The average Bonchev–Trinajstić information content (AvgIpc) is 2.91. The molecule has 0 aliphatic rings. The summed E-state index contributed by atoms with van der Waals surface area (Å²) in [5.74, 6) is -0.305. The molecule has 38 heavy (non-hydrogen) atoms. The molecule has 0 saturated carbocycles. The summed E-state index contributed by atoms with van der Waals surface area (Å²) in [4.78, 5) is 13.5. The first-order valence-electron chi connectivity index (χ1n) is 13.2. The third-order valence-electron chi connectivity index (χ3n) is 6.59. The van der Waals surface area contributed by atoms with Crippen molar-refractivity contribution in [2.45, 2.75) is 63.7 Å². The lowest BCUT2D eigenvalue weighted by molar-refractivity contribution is -0.00397. The highest BCUT2D eigenvalue weighted by Gasteiger charge is 2.21. The first-order chi connectivity index (χ1) is 18.1. The minimum absolute atomic E-state index is 0.159. The molecule has 2 N–H and O–H groups in total. The second kappa shape index (κ2) is 13.9. The van der Waals surface area contributed by atoms with Gasteiger partial charge in [0.1, 0.15) is 0 Å². The number of esters is 1. The Bertz CT molecular complexity index is 1190. The van der Waals surface area contributed by atoms with Crippen LogP contribution in [0, 0.1) is 6.92 Å². The van der Waals surface area contributed by atoms with Gasteiger partial charge >= 0.3 is 5.97 Å². The first-order valence-corrected chi connectivity index (χ1v) is 14.4. The maximum atomic E-state index is 12.2. The SMILES string of the molecule is CCOC(=O)c1ccc(-c2ccccc2C(C)OCC(O)CNC(C)(C)Cc2ccc(SC)cc2)cc1C. The number of hydrogen-bond acceptors (Lipinski definition) is 6. The Morgan fingerprint density at radius 2 is 1.79 bits per heavy atom. The molecular weight excluding hydrogens is 494 g/mol. The third-order valence-corrected chi connectivity index (χ3v) is 7.34. The summed E-state index contributed by atoms with van der Waals surface area (Å²) in [6.45, 7) is 11.0. The molecule has 3 aromatic rings. The van der Waals surface area contributed by atoms with E-state index < -0.39 is 6.10 Å². The smallest absolute Gasteiger partial charge is 0.338 e. The molecule has 2 atom stereocenters. The van der Waals surface area contributed by atoms with Crippen LogP contribution in [0.5, 0.6) is 0 Å². The predicted octanol–water partition coefficient (Wildman–Crippen LogP) is 6.61. The number of nitrogens with one attached hydrogen (secondary N) is 1. The Kier molecular flexibility index (Phi) is 11.0. The van der Waals surface area contributed by atoms with Crippen LogP contribution >= 0.6 is 11.8 Å². The Labute approximate surface area is 232 Å². The van der Waals surface area contributed by atoms with Gasteiger partial charge in [-0.3, -0.25) is 0 Å². The van der Waals surface area contributed by atoms with E-state index in [1.54, 1.807) is 18.7 Å². The molecule has 0 aliphatic heterocycles. The Morgan fingerprint density at radius 1 is 1.08 bits per heavy atom. The summed E-state index contributed by atoms with van der Waals surface area (Å²) < 4.78 is 11.3. The van der Waals surface area contributed by atoms with Gasteiger partial charge in [-0.25, -0.2) is 4.79 Å². The molecule has 204 valence electrons. The van der Waals surface area contributed by atoms with E-state index in [-0.39, 0.29) is 24.2 Å². The van der Waals surface area contributed by atoms with E-state index in [0.717, 1.165) is 28.7 Å². The van der Waals surface area contributed by atoms with E-state index in [1.807, 2.05) is 50.2 Å². The number of carbonyl (C=O) groups excluding carboxylic acids is 1. The van der Waals surface area contributed by atoms with E-state index in [9.17, 15) is 9.90 Å². The van der Waals surface area contributed by atoms with Crippen LogP contribution in [0.25, 0.3) is 11.1 Å². The number of aliphatic hydroxyl groups excluding tert-OH is 1. The number of carbonyl (C=O) groups is 1. The topological polar surface area (TPSA) is 67.8 Å². The van der Waals surface area contributed by atoms with Crippen molar-refractivity contribution in [1.82, 2.24) is 5.32 Å². The van der Waals surface area contributed by atoms with Crippen molar-refractivity contribution in [3.8, 4) is 11.1 Å². The second-order valence-electron chi connectivity index (χ2n) is 10.3. The summed E-state index contributed by atoms with van der Waals surface area (Å²) in [6.07, 6.45) is 2.10. The molecule has 0 bridgehead atoms. The molecule has 3 rings (SSSR count). The van der Waals surface area contributed by atoms with Gasteiger partial charge in [-0.05, 0) is 93.3 Å². The Morgan fingerprint density at radius 3 is 2.45 bits per heavy atom. The van der Waals surface area contributed by atoms with Crippen molar-refractivity contribution in [3.63, 3.8) is 0 Å². The van der Waals surface area contributed by atoms with Crippen LogP contribution in [0.2, 0.25) is 0 Å². The van der Waals surface area contributed by atoms with Gasteiger partial charge in [0.2, 0.25) is 0 Å². The molecule has 6 heteroatoms. The highest BCUT2D eigenvalue weighted by Crippen LogP contribution is 2.31. The highest BCUT2D eigenvalue weighted by molar-refractivity contribution is 7.98. The molecule has 0 radical (unpaired) electrons. The van der Waals surface area contributed by atoms with Crippen molar-refractivity contribution in [2.24, 2.45) is 0 Å². The zero-order chi connectivity index (χ0) is 27.7. The van der Waals surface area contributed by atoms with Crippen molar-refractivity contribution in [1.29, 1.82) is 0 Å². The van der Waals surface area contributed by atoms with Crippen LogP contribution in [-0.4, -0.2) is 48.7 Å². The van der Waals surface area contributed by atoms with Gasteiger partial charge in [0.25, 0.3) is 0 Å². The van der Waals surface area contributed by atoms with E-state index in [2.05, 4.69) is 55.8 Å². The fraction of sp³-hybridized carbons (Fsp3) is 0.406. The summed E-state index contributed by atoms with van der Waals surface area (Å²) >= 11 is 1.74. The molecule has 0 aromatic heterocycles. The minimum atomic E-state index is -0.631. The maximum absolute atomic E-state index is 12.2. The maximum Gasteiger partial charge on any atom is 0.338 e. The van der Waals surface area contributed by atoms with Crippen molar-refractivity contribution < 1.29 is 19.4 Å². The van der Waals surface area contributed by atoms with E-state index in [0.29, 0.717) is 18.7 Å². The van der Waals surface area contributed by atoms with Crippen LogP contribution in [0.3, 0.4) is 0 Å². The predicted molar refractivity (Wildman–Crippen MR) is 157 cm³/mol. The largest absolute Gasteiger partial charge is 0.462 e. The van der Waals surface area contributed by atoms with Crippen LogP contribution in [0.15, 0.2) is 71.6 Å². The fourth-order valence-corrected chi connectivity index (χ4v) is 4.91. The van der Waals surface area contributed by atoms with Gasteiger partial charge in [0.15, 0.2) is 0 Å². The van der Waals surface area contributed by atoms with E-state index >= 15 is 0 Å². The lowest BCUT2D eigenvalue weighted by Gasteiger charge is -2.28. The monoisotopic (exact) mass is 535 g/mol. The number of thioether (sulfide) groups is 1. The van der Waals surface area contributed by atoms with Gasteiger partial charge < -0.3 is 19.9 Å². The standard InChI is InChI=1S/C32H41NO4S/c1-7-36-31(35)28-17-14-25(18-22(28)2)30-11-9-8-10-29(30)23(3)37-21-26(34)20-33-32(4,5)19-24-12-15-27(38-6)16-13-24/h8-18,23,26,33-34H,7,19-21H2,1-6H3. The van der Waals surface area contributed by atoms with Gasteiger partial charge in [0.05, 0.1) is 31.0 Å². The third kappa shape index (κ3) is 8.43. The van der Waals surface area contributed by atoms with Crippen LogP contribution < -0.4 is 5.32 Å². The molecule has 2 unspecified atom stereocenters. The number of β-amino-alcohol motifs (C(OH)–C–C–N with tert-alkyl or cyclic N) is 1. The van der Waals surface area contributed by atoms with Gasteiger partial charge in [-0.1, -0.05) is 48.5 Å². The zero-order valence-corrected chi connectivity index (χ0v) is 24.2. The number of benzene rings is 3. The molecule has 0 amide bonds. The average molecular weight is 536 g/mol. The normalized spacial score (nSPS) is 13.2. The molecule has 0 aliphatic carbocycles. The summed E-state index contributed by atoms with van der Waals surface area (Å²) in [5.41, 5.74) is 5.64. The van der Waals surface area contributed by atoms with Gasteiger partial charge in [0, 0.05) is 17.0 Å². The molecule has 0 fully saturated rings. The summed E-state index contributed by atoms with van der Waals surface area (Å²) in [6, 6.07) is 22.5. The molecule has 0 spiro atoms. The van der Waals surface area contributed by atoms with Crippen molar-refractivity contribution in [2.75, 3.05) is 26.0 Å². The molecule has 0 heterocycles. The number of rotatable bonds is 13. The number of hydrogen-bond donors (Lipinski definition) is 2. The van der Waals surface area contributed by atoms with E-state index in [4.69, 9.17) is 9.47 Å². The number of aryl methyl sites for hydroxylation is 1. The summed E-state index contributed by atoms with van der Waals surface area (Å²) in [7, 11) is 0. The minimum Gasteiger partial charge on any atom is -0.462 e. The molecule has 5 nitrogen and oxygen atoms in total. The molecule has 3 aromatic carbocycles. The lowest BCUT2D eigenvalue weighted by Crippen LogP contribution is -2.46. The van der Waals surface area contributed by atoms with Crippen LogP contribution in [-0.2, 0) is 15.9 Å². The van der Waals surface area contributed by atoms with Crippen molar-refractivity contribution in [3.05, 3.63) is 89.0 Å². The Hall–Kier alpha value is -2.64. The lowest BCUT2D eigenvalue weighted by atomic mass is 9.94. The Balaban J connectivity index is 1.58. The molecule has 0 saturated heterocycles. The van der Waals surface area contributed by atoms with Gasteiger partial charge in [-0.15, -0.1) is 11.8 Å². The first kappa shape index (κ1) is 29.9.